The summed E-state index contributed by atoms with van der Waals surface area (Å²) >= 11 is 0. The molecule has 0 radical (unpaired) electrons. The third-order valence-electron chi connectivity index (χ3n) is 5.34. The van der Waals surface area contributed by atoms with Gasteiger partial charge < -0.3 is 5.11 Å². The first kappa shape index (κ1) is 14.8. The monoisotopic (exact) mass is 267 g/mol. The Kier molecular flexibility index (Phi) is 4.54. The first-order chi connectivity index (χ1) is 8.98. The Hall–Kier alpha value is -0.570. The van der Waals surface area contributed by atoms with Crippen molar-refractivity contribution in [3.8, 4) is 0 Å². The summed E-state index contributed by atoms with van der Waals surface area (Å²) in [6.07, 6.45) is 6.68. The number of carbonyl (C=O) groups is 1. The minimum atomic E-state index is -0.591. The lowest BCUT2D eigenvalue weighted by molar-refractivity contribution is -0.164. The Morgan fingerprint density at radius 3 is 2.37 bits per heavy atom. The van der Waals surface area contributed by atoms with Crippen molar-refractivity contribution in [2.24, 2.45) is 17.8 Å². The molecule has 2 fully saturated rings. The number of likely N-dealkylation sites (tertiary alicyclic amines) is 1. The first-order valence-electron chi connectivity index (χ1n) is 7.97. The molecule has 3 unspecified atom stereocenters. The molecule has 2 rings (SSSR count). The summed E-state index contributed by atoms with van der Waals surface area (Å²) in [5, 5.41) is 10.0. The number of aliphatic carboxylic acids is 1. The van der Waals surface area contributed by atoms with E-state index in [2.05, 4.69) is 25.7 Å². The van der Waals surface area contributed by atoms with Crippen LogP contribution in [0.4, 0.5) is 0 Å². The summed E-state index contributed by atoms with van der Waals surface area (Å²) in [4.78, 5) is 14.5. The standard InChI is InChI=1S/C16H29NO2/c1-12(2)14-8-7-13(3)11-16(14,15(18)19)17-9-5-4-6-10-17/h12-14H,4-11H2,1-3H3,(H,18,19). The molecule has 1 saturated carbocycles. The Bertz CT molecular complexity index is 323. The quantitative estimate of drug-likeness (QED) is 0.852. The van der Waals surface area contributed by atoms with Crippen molar-refractivity contribution >= 4 is 5.97 Å². The zero-order chi connectivity index (χ0) is 14.0. The van der Waals surface area contributed by atoms with Crippen molar-refractivity contribution in [1.29, 1.82) is 0 Å². The zero-order valence-electron chi connectivity index (χ0n) is 12.7. The van der Waals surface area contributed by atoms with Crippen molar-refractivity contribution in [2.45, 2.75) is 64.8 Å². The van der Waals surface area contributed by atoms with E-state index < -0.39 is 11.5 Å². The predicted molar refractivity (Wildman–Crippen MR) is 77.1 cm³/mol. The third kappa shape index (κ3) is 2.67. The van der Waals surface area contributed by atoms with Crippen LogP contribution in [0.15, 0.2) is 0 Å². The highest BCUT2D eigenvalue weighted by Crippen LogP contribution is 2.45. The van der Waals surface area contributed by atoms with Gasteiger partial charge >= 0.3 is 5.97 Å². The maximum Gasteiger partial charge on any atom is 0.324 e. The molecule has 0 aromatic heterocycles. The van der Waals surface area contributed by atoms with Gasteiger partial charge in [0.25, 0.3) is 0 Å². The van der Waals surface area contributed by atoms with E-state index in [0.717, 1.165) is 38.8 Å². The summed E-state index contributed by atoms with van der Waals surface area (Å²) in [6.45, 7) is 8.56. The van der Waals surface area contributed by atoms with Crippen LogP contribution in [0.1, 0.15) is 59.3 Å². The van der Waals surface area contributed by atoms with Gasteiger partial charge in [0.15, 0.2) is 0 Å². The molecule has 0 aromatic carbocycles. The molecule has 19 heavy (non-hydrogen) atoms. The van der Waals surface area contributed by atoms with Gasteiger partial charge in [-0.3, -0.25) is 9.69 Å². The Labute approximate surface area is 117 Å². The van der Waals surface area contributed by atoms with Gasteiger partial charge in [0.05, 0.1) is 0 Å². The highest BCUT2D eigenvalue weighted by atomic mass is 16.4. The SMILES string of the molecule is CC1CCC(C(C)C)C(C(=O)O)(N2CCCCC2)C1. The fourth-order valence-electron chi connectivity index (χ4n) is 4.41. The molecule has 3 atom stereocenters. The highest BCUT2D eigenvalue weighted by molar-refractivity contribution is 5.79. The zero-order valence-corrected chi connectivity index (χ0v) is 12.7. The minimum Gasteiger partial charge on any atom is -0.480 e. The molecule has 1 heterocycles. The number of rotatable bonds is 3. The van der Waals surface area contributed by atoms with Gasteiger partial charge in [0.2, 0.25) is 0 Å². The van der Waals surface area contributed by atoms with Crippen LogP contribution in [0.25, 0.3) is 0 Å². The van der Waals surface area contributed by atoms with Gasteiger partial charge in [0, 0.05) is 0 Å². The number of piperidine rings is 1. The topological polar surface area (TPSA) is 40.5 Å². The summed E-state index contributed by atoms with van der Waals surface area (Å²) in [6, 6.07) is 0. The molecule has 110 valence electrons. The number of nitrogens with zero attached hydrogens (tertiary/aromatic N) is 1. The molecule has 3 heteroatoms. The van der Waals surface area contributed by atoms with Crippen LogP contribution >= 0.6 is 0 Å². The summed E-state index contributed by atoms with van der Waals surface area (Å²) < 4.78 is 0. The van der Waals surface area contributed by atoms with Crippen LogP contribution in [-0.2, 0) is 4.79 Å². The maximum absolute atomic E-state index is 12.2. The average Bonchev–Trinajstić information content (AvgIpc) is 2.38. The summed E-state index contributed by atoms with van der Waals surface area (Å²) in [5.41, 5.74) is -0.591. The molecular weight excluding hydrogens is 238 g/mol. The van der Waals surface area contributed by atoms with Crippen molar-refractivity contribution in [3.63, 3.8) is 0 Å². The van der Waals surface area contributed by atoms with E-state index in [1.165, 1.54) is 12.8 Å². The van der Waals surface area contributed by atoms with Gasteiger partial charge in [-0.25, -0.2) is 0 Å². The van der Waals surface area contributed by atoms with Crippen LogP contribution in [0.2, 0.25) is 0 Å². The summed E-state index contributed by atoms with van der Waals surface area (Å²) in [7, 11) is 0. The van der Waals surface area contributed by atoms with E-state index in [4.69, 9.17) is 0 Å². The van der Waals surface area contributed by atoms with Crippen molar-refractivity contribution in [1.82, 2.24) is 4.90 Å². The second-order valence-corrected chi connectivity index (χ2v) is 7.01. The number of carboxylic acid groups (broad SMARTS) is 1. The van der Waals surface area contributed by atoms with E-state index in [9.17, 15) is 9.90 Å². The number of carboxylic acids is 1. The lowest BCUT2D eigenvalue weighted by Crippen LogP contribution is -2.64. The van der Waals surface area contributed by atoms with Crippen LogP contribution in [0, 0.1) is 17.8 Å². The van der Waals surface area contributed by atoms with Gasteiger partial charge in [-0.05, 0) is 56.5 Å². The van der Waals surface area contributed by atoms with Crippen molar-refractivity contribution in [2.75, 3.05) is 13.1 Å². The van der Waals surface area contributed by atoms with Crippen LogP contribution in [0.5, 0.6) is 0 Å². The summed E-state index contributed by atoms with van der Waals surface area (Å²) in [5.74, 6) is 0.720. The fraction of sp³-hybridized carbons (Fsp3) is 0.938. The lowest BCUT2D eigenvalue weighted by atomic mass is 9.63. The van der Waals surface area contributed by atoms with E-state index in [-0.39, 0.29) is 0 Å². The van der Waals surface area contributed by atoms with E-state index in [1.54, 1.807) is 0 Å². The fourth-order valence-corrected chi connectivity index (χ4v) is 4.41. The van der Waals surface area contributed by atoms with Gasteiger partial charge in [0.1, 0.15) is 5.54 Å². The largest absolute Gasteiger partial charge is 0.480 e. The average molecular weight is 267 g/mol. The van der Waals surface area contributed by atoms with E-state index in [1.807, 2.05) is 0 Å². The lowest BCUT2D eigenvalue weighted by Gasteiger charge is -2.52. The van der Waals surface area contributed by atoms with Gasteiger partial charge in [-0.15, -0.1) is 0 Å². The second-order valence-electron chi connectivity index (χ2n) is 7.01. The van der Waals surface area contributed by atoms with Crippen molar-refractivity contribution in [3.05, 3.63) is 0 Å². The third-order valence-corrected chi connectivity index (χ3v) is 5.34. The molecule has 1 saturated heterocycles. The normalized spacial score (nSPS) is 37.5. The van der Waals surface area contributed by atoms with Gasteiger partial charge in [-0.2, -0.15) is 0 Å². The molecule has 0 amide bonds. The first-order valence-corrected chi connectivity index (χ1v) is 7.97. The van der Waals surface area contributed by atoms with Crippen LogP contribution in [-0.4, -0.2) is 34.6 Å². The molecule has 0 bridgehead atoms. The van der Waals surface area contributed by atoms with Crippen molar-refractivity contribution < 1.29 is 9.90 Å². The molecule has 1 aliphatic carbocycles. The maximum atomic E-state index is 12.2. The molecular formula is C16H29NO2. The second kappa shape index (κ2) is 5.82. The number of hydrogen-bond acceptors (Lipinski definition) is 2. The molecule has 0 aromatic rings. The predicted octanol–water partition coefficient (Wildman–Crippen LogP) is 3.39. The molecule has 1 aliphatic heterocycles. The van der Waals surface area contributed by atoms with E-state index in [0.29, 0.717) is 17.8 Å². The molecule has 2 aliphatic rings. The molecule has 3 nitrogen and oxygen atoms in total. The Balaban J connectivity index is 2.34. The van der Waals surface area contributed by atoms with Crippen LogP contribution in [0.3, 0.4) is 0 Å². The highest BCUT2D eigenvalue weighted by Gasteiger charge is 2.53. The van der Waals surface area contributed by atoms with E-state index >= 15 is 0 Å². The minimum absolute atomic E-state index is 0.305. The molecule has 0 spiro atoms. The molecule has 1 N–H and O–H groups in total. The Morgan fingerprint density at radius 1 is 1.21 bits per heavy atom. The van der Waals surface area contributed by atoms with Crippen LogP contribution < -0.4 is 0 Å². The number of hydrogen-bond donors (Lipinski definition) is 1. The smallest absolute Gasteiger partial charge is 0.324 e. The van der Waals surface area contributed by atoms with Gasteiger partial charge in [-0.1, -0.05) is 33.6 Å². The Morgan fingerprint density at radius 2 is 1.84 bits per heavy atom.